The van der Waals surface area contributed by atoms with Crippen LogP contribution in [0.4, 0.5) is 5.82 Å². The maximum atomic E-state index is 12.0. The van der Waals surface area contributed by atoms with E-state index < -0.39 is 5.91 Å². The first-order valence-corrected chi connectivity index (χ1v) is 9.46. The molecule has 0 unspecified atom stereocenters. The van der Waals surface area contributed by atoms with Gasteiger partial charge in [0.2, 0.25) is 0 Å². The monoisotopic (exact) mass is 406 g/mol. The van der Waals surface area contributed by atoms with E-state index in [0.717, 1.165) is 11.8 Å². The van der Waals surface area contributed by atoms with Crippen molar-refractivity contribution in [1.29, 1.82) is 5.41 Å². The molecule has 3 aromatic heterocycles. The summed E-state index contributed by atoms with van der Waals surface area (Å²) in [5, 5.41) is 12.3. The molecule has 1 aliphatic rings. The Kier molecular flexibility index (Phi) is 5.15. The minimum absolute atomic E-state index is 0.117. The van der Waals surface area contributed by atoms with Crippen LogP contribution < -0.4 is 16.4 Å². The second-order valence-electron chi connectivity index (χ2n) is 6.96. The number of anilines is 1. The number of nitrogens with zero attached hydrogens (tertiary/aromatic N) is 5. The first-order chi connectivity index (χ1) is 14.5. The molecule has 1 atom stereocenters. The highest BCUT2D eigenvalue weighted by atomic mass is 16.5. The number of hydrogen-bond donors (Lipinski definition) is 3. The second kappa shape index (κ2) is 7.91. The van der Waals surface area contributed by atoms with Crippen LogP contribution in [0.25, 0.3) is 28.0 Å². The lowest BCUT2D eigenvalue weighted by atomic mass is 10.0. The molecule has 3 aromatic rings. The molecule has 5 N–H and O–H groups in total. The van der Waals surface area contributed by atoms with Crippen LogP contribution in [0.3, 0.4) is 0 Å². The number of carbonyl (C=O) groups excluding carboxylic acids is 1. The van der Waals surface area contributed by atoms with Gasteiger partial charge in [-0.3, -0.25) is 9.78 Å². The second-order valence-corrected chi connectivity index (χ2v) is 6.96. The molecule has 1 saturated heterocycles. The topological polar surface area (TPSA) is 149 Å². The van der Waals surface area contributed by atoms with Gasteiger partial charge in [0.25, 0.3) is 5.91 Å². The van der Waals surface area contributed by atoms with Crippen molar-refractivity contribution >= 4 is 34.8 Å². The Bertz CT molecular complexity index is 1150. The molecule has 1 fully saturated rings. The smallest absolute Gasteiger partial charge is 0.267 e. The first-order valence-electron chi connectivity index (χ1n) is 9.46. The van der Waals surface area contributed by atoms with Gasteiger partial charge in [-0.05, 0) is 25.1 Å². The number of fused-ring (bicyclic) bond motifs is 1. The van der Waals surface area contributed by atoms with Gasteiger partial charge < -0.3 is 26.5 Å². The Hall–Kier alpha value is -3.79. The van der Waals surface area contributed by atoms with E-state index in [0.29, 0.717) is 42.2 Å². The molecule has 0 saturated carbocycles. The standard InChI is InChI=1S/C20H22N8O2/c1-12-11-30-8-7-27(12)17-9-14(13-3-2-6-24-18(13)19(23)29)15-10-25-28(20(15)26-17)16(22)4-5-21/h2-6,9-10,12,21H,7-8,11,22H2,1H3,(H2,23,29)/t12-/m1/s1. The number of aromatic nitrogens is 4. The minimum Gasteiger partial charge on any atom is -0.384 e. The van der Waals surface area contributed by atoms with Crippen LogP contribution in [0.15, 0.2) is 36.7 Å². The Labute approximate surface area is 172 Å². The number of primary amides is 1. The molecule has 10 nitrogen and oxygen atoms in total. The SMILES string of the molecule is C[C@@H]1COCCN1c1cc(-c2cccnc2C(N)=O)c2cnn(C(N)=CC=N)c2n1. The molecule has 0 radical (unpaired) electrons. The zero-order valence-electron chi connectivity index (χ0n) is 16.4. The number of pyridine rings is 2. The Balaban J connectivity index is 2.01. The molecule has 10 heteroatoms. The van der Waals surface area contributed by atoms with Crippen LogP contribution in [0.2, 0.25) is 0 Å². The molecule has 154 valence electrons. The summed E-state index contributed by atoms with van der Waals surface area (Å²) < 4.78 is 7.02. The number of rotatable bonds is 5. The van der Waals surface area contributed by atoms with Crippen LogP contribution in [0.1, 0.15) is 17.4 Å². The predicted octanol–water partition coefficient (Wildman–Crippen LogP) is 1.22. The molecule has 1 amide bonds. The number of amides is 1. The lowest BCUT2D eigenvalue weighted by Crippen LogP contribution is -2.44. The number of nitrogens with one attached hydrogen (secondary N) is 1. The average molecular weight is 406 g/mol. The Morgan fingerprint density at radius 1 is 1.37 bits per heavy atom. The van der Waals surface area contributed by atoms with Crippen LogP contribution in [-0.4, -0.2) is 57.7 Å². The molecule has 0 aromatic carbocycles. The molecule has 30 heavy (non-hydrogen) atoms. The summed E-state index contributed by atoms with van der Waals surface area (Å²) in [6.45, 7) is 3.91. The number of hydrogen-bond acceptors (Lipinski definition) is 8. The molecule has 0 aliphatic carbocycles. The van der Waals surface area contributed by atoms with E-state index in [9.17, 15) is 4.79 Å². The average Bonchev–Trinajstić information content (AvgIpc) is 3.17. The summed E-state index contributed by atoms with van der Waals surface area (Å²) in [7, 11) is 0. The minimum atomic E-state index is -0.618. The Morgan fingerprint density at radius 3 is 2.93 bits per heavy atom. The van der Waals surface area contributed by atoms with Crippen LogP contribution in [-0.2, 0) is 4.74 Å². The maximum absolute atomic E-state index is 12.0. The highest BCUT2D eigenvalue weighted by Gasteiger charge is 2.24. The van der Waals surface area contributed by atoms with Gasteiger partial charge in [-0.15, -0.1) is 0 Å². The van der Waals surface area contributed by atoms with E-state index >= 15 is 0 Å². The van der Waals surface area contributed by atoms with Crippen molar-refractivity contribution < 1.29 is 9.53 Å². The molecule has 4 heterocycles. The third kappa shape index (κ3) is 3.37. The highest BCUT2D eigenvalue weighted by molar-refractivity contribution is 6.04. The molecule has 0 spiro atoms. The quantitative estimate of drug-likeness (QED) is 0.539. The van der Waals surface area contributed by atoms with Crippen LogP contribution >= 0.6 is 0 Å². The number of morpholine rings is 1. The largest absolute Gasteiger partial charge is 0.384 e. The van der Waals surface area contributed by atoms with E-state index in [1.54, 1.807) is 18.3 Å². The Morgan fingerprint density at radius 2 is 2.20 bits per heavy atom. The lowest BCUT2D eigenvalue weighted by molar-refractivity contribution is 0.0985. The van der Waals surface area contributed by atoms with E-state index in [-0.39, 0.29) is 17.6 Å². The molecule has 4 rings (SSSR count). The van der Waals surface area contributed by atoms with Crippen LogP contribution in [0, 0.1) is 5.41 Å². The fourth-order valence-electron chi connectivity index (χ4n) is 3.59. The first kappa shape index (κ1) is 19.5. The van der Waals surface area contributed by atoms with E-state index in [4.69, 9.17) is 26.6 Å². The molecule has 1 aliphatic heterocycles. The maximum Gasteiger partial charge on any atom is 0.267 e. The van der Waals surface area contributed by atoms with Gasteiger partial charge in [-0.2, -0.15) is 9.78 Å². The fourth-order valence-corrected chi connectivity index (χ4v) is 3.59. The number of carbonyl (C=O) groups is 1. The predicted molar refractivity (Wildman–Crippen MR) is 114 cm³/mol. The normalized spacial score (nSPS) is 17.3. The summed E-state index contributed by atoms with van der Waals surface area (Å²) in [6, 6.07) is 5.57. The summed E-state index contributed by atoms with van der Waals surface area (Å²) in [5.41, 5.74) is 13.7. The van der Waals surface area contributed by atoms with Crippen molar-refractivity contribution in [2.75, 3.05) is 24.7 Å². The molecular weight excluding hydrogens is 384 g/mol. The van der Waals surface area contributed by atoms with Crippen LogP contribution in [0.5, 0.6) is 0 Å². The van der Waals surface area contributed by atoms with Crippen molar-refractivity contribution in [2.45, 2.75) is 13.0 Å². The van der Waals surface area contributed by atoms with Gasteiger partial charge in [0.05, 0.1) is 25.5 Å². The number of ether oxygens (including phenoxy) is 1. The highest BCUT2D eigenvalue weighted by Crippen LogP contribution is 2.34. The van der Waals surface area contributed by atoms with Gasteiger partial charge in [-0.1, -0.05) is 6.07 Å². The molecule has 0 bridgehead atoms. The lowest BCUT2D eigenvalue weighted by Gasteiger charge is -2.34. The number of allylic oxidation sites excluding steroid dienone is 1. The molecular formula is C20H22N8O2. The number of nitrogens with two attached hydrogens (primary N) is 2. The zero-order valence-corrected chi connectivity index (χ0v) is 16.4. The summed E-state index contributed by atoms with van der Waals surface area (Å²) in [4.78, 5) is 23.1. The van der Waals surface area contributed by atoms with Gasteiger partial charge in [0, 0.05) is 35.5 Å². The third-order valence-electron chi connectivity index (χ3n) is 5.02. The van der Waals surface area contributed by atoms with E-state index in [1.807, 2.05) is 6.07 Å². The summed E-state index contributed by atoms with van der Waals surface area (Å²) >= 11 is 0. The van der Waals surface area contributed by atoms with Crippen molar-refractivity contribution in [3.8, 4) is 11.1 Å². The van der Waals surface area contributed by atoms with Crippen molar-refractivity contribution in [3.05, 3.63) is 42.4 Å². The van der Waals surface area contributed by atoms with Gasteiger partial charge >= 0.3 is 0 Å². The third-order valence-corrected chi connectivity index (χ3v) is 5.02. The van der Waals surface area contributed by atoms with Gasteiger partial charge in [-0.25, -0.2) is 4.98 Å². The van der Waals surface area contributed by atoms with Gasteiger partial charge in [0.15, 0.2) is 5.65 Å². The van der Waals surface area contributed by atoms with Crippen molar-refractivity contribution in [3.63, 3.8) is 0 Å². The van der Waals surface area contributed by atoms with E-state index in [2.05, 4.69) is 21.9 Å². The summed E-state index contributed by atoms with van der Waals surface area (Å²) in [6.07, 6.45) is 5.68. The zero-order chi connectivity index (χ0) is 21.3. The fraction of sp³-hybridized carbons (Fsp3) is 0.250. The van der Waals surface area contributed by atoms with E-state index in [1.165, 1.54) is 17.0 Å². The van der Waals surface area contributed by atoms with Crippen molar-refractivity contribution in [2.24, 2.45) is 11.5 Å². The van der Waals surface area contributed by atoms with Gasteiger partial charge in [0.1, 0.15) is 17.3 Å². The summed E-state index contributed by atoms with van der Waals surface area (Å²) in [5.74, 6) is 0.344. The van der Waals surface area contributed by atoms with Crippen molar-refractivity contribution in [1.82, 2.24) is 19.7 Å².